The van der Waals surface area contributed by atoms with Crippen LogP contribution in [-0.2, 0) is 13.0 Å². The highest BCUT2D eigenvalue weighted by atomic mass is 15.1. The number of piperidine rings is 1. The van der Waals surface area contributed by atoms with Crippen molar-refractivity contribution in [2.45, 2.75) is 32.7 Å². The number of likely N-dealkylation sites (tertiary alicyclic amines) is 1. The second kappa shape index (κ2) is 5.29. The molecule has 2 aromatic heterocycles. The van der Waals surface area contributed by atoms with Gasteiger partial charge in [0.25, 0.3) is 0 Å². The minimum Gasteiger partial charge on any atom is -0.312 e. The highest BCUT2D eigenvalue weighted by Crippen LogP contribution is 2.22. The predicted octanol–water partition coefficient (Wildman–Crippen LogP) is 2.34. The quantitative estimate of drug-likeness (QED) is 0.847. The van der Waals surface area contributed by atoms with Gasteiger partial charge >= 0.3 is 0 Å². The predicted molar refractivity (Wildman–Crippen MR) is 77.1 cm³/mol. The molecule has 0 atom stereocenters. The molecule has 0 aliphatic carbocycles. The number of hydrogen-bond donors (Lipinski definition) is 0. The molecule has 0 spiro atoms. The van der Waals surface area contributed by atoms with Crippen LogP contribution in [0, 0.1) is 5.92 Å². The largest absolute Gasteiger partial charge is 0.312 e. The monoisotopic (exact) mass is 258 g/mol. The molecule has 0 saturated carbocycles. The van der Waals surface area contributed by atoms with Crippen LogP contribution in [0.1, 0.15) is 25.6 Å². The number of fused-ring (bicyclic) bond motifs is 1. The molecule has 0 unspecified atom stereocenters. The first kappa shape index (κ1) is 12.6. The fourth-order valence-corrected chi connectivity index (χ4v) is 2.97. The van der Waals surface area contributed by atoms with E-state index >= 15 is 0 Å². The lowest BCUT2D eigenvalue weighted by Crippen LogP contribution is -2.32. The SMILES string of the molecule is CCc1nc2cccnc2n1CC1CCN(C)CC1. The van der Waals surface area contributed by atoms with Crippen molar-refractivity contribution in [2.24, 2.45) is 5.92 Å². The first-order chi connectivity index (χ1) is 9.28. The van der Waals surface area contributed by atoms with Gasteiger partial charge in [0.15, 0.2) is 5.65 Å². The average molecular weight is 258 g/mol. The molecule has 0 aromatic carbocycles. The smallest absolute Gasteiger partial charge is 0.159 e. The molecule has 0 radical (unpaired) electrons. The van der Waals surface area contributed by atoms with Crippen molar-refractivity contribution in [3.63, 3.8) is 0 Å². The minimum absolute atomic E-state index is 0.765. The van der Waals surface area contributed by atoms with Crippen LogP contribution in [0.15, 0.2) is 18.3 Å². The molecule has 4 heteroatoms. The summed E-state index contributed by atoms with van der Waals surface area (Å²) in [5.41, 5.74) is 2.09. The van der Waals surface area contributed by atoms with Crippen molar-refractivity contribution >= 4 is 11.2 Å². The van der Waals surface area contributed by atoms with Crippen LogP contribution in [-0.4, -0.2) is 39.6 Å². The molecule has 3 rings (SSSR count). The van der Waals surface area contributed by atoms with Gasteiger partial charge in [-0.25, -0.2) is 9.97 Å². The highest BCUT2D eigenvalue weighted by molar-refractivity contribution is 5.71. The Bertz CT molecular complexity index is 552. The molecule has 0 bridgehead atoms. The molecule has 102 valence electrons. The molecule has 0 N–H and O–H groups in total. The van der Waals surface area contributed by atoms with Gasteiger partial charge in [0.1, 0.15) is 11.3 Å². The van der Waals surface area contributed by atoms with Crippen LogP contribution < -0.4 is 0 Å². The zero-order valence-electron chi connectivity index (χ0n) is 11.8. The summed E-state index contributed by atoms with van der Waals surface area (Å²) in [5, 5.41) is 0. The fourth-order valence-electron chi connectivity index (χ4n) is 2.97. The third-order valence-corrected chi connectivity index (χ3v) is 4.18. The second-order valence-electron chi connectivity index (χ2n) is 5.58. The number of nitrogens with zero attached hydrogens (tertiary/aromatic N) is 4. The summed E-state index contributed by atoms with van der Waals surface area (Å²) in [6, 6.07) is 4.03. The lowest BCUT2D eigenvalue weighted by molar-refractivity contribution is 0.205. The van der Waals surface area contributed by atoms with Crippen molar-refractivity contribution in [1.29, 1.82) is 0 Å². The summed E-state index contributed by atoms with van der Waals surface area (Å²) in [6.07, 6.45) is 5.41. The van der Waals surface area contributed by atoms with Gasteiger partial charge in [-0.15, -0.1) is 0 Å². The van der Waals surface area contributed by atoms with Gasteiger partial charge in [0.2, 0.25) is 0 Å². The Hall–Kier alpha value is -1.42. The molecule has 1 aliphatic rings. The first-order valence-corrected chi connectivity index (χ1v) is 7.26. The number of pyridine rings is 1. The van der Waals surface area contributed by atoms with E-state index in [0.717, 1.165) is 30.0 Å². The van der Waals surface area contributed by atoms with Gasteiger partial charge in [-0.1, -0.05) is 6.92 Å². The van der Waals surface area contributed by atoms with E-state index in [2.05, 4.69) is 34.5 Å². The fraction of sp³-hybridized carbons (Fsp3) is 0.600. The van der Waals surface area contributed by atoms with E-state index in [4.69, 9.17) is 4.98 Å². The van der Waals surface area contributed by atoms with Gasteiger partial charge in [0.05, 0.1) is 0 Å². The molecular weight excluding hydrogens is 236 g/mol. The topological polar surface area (TPSA) is 34.0 Å². The molecule has 3 heterocycles. The lowest BCUT2D eigenvalue weighted by Gasteiger charge is -2.29. The third kappa shape index (κ3) is 2.50. The summed E-state index contributed by atoms with van der Waals surface area (Å²) in [6.45, 7) is 5.68. The van der Waals surface area contributed by atoms with E-state index in [1.54, 1.807) is 0 Å². The highest BCUT2D eigenvalue weighted by Gasteiger charge is 2.19. The van der Waals surface area contributed by atoms with E-state index in [1.165, 1.54) is 31.8 Å². The second-order valence-corrected chi connectivity index (χ2v) is 5.58. The molecule has 1 fully saturated rings. The van der Waals surface area contributed by atoms with E-state index in [-0.39, 0.29) is 0 Å². The summed E-state index contributed by atoms with van der Waals surface area (Å²) >= 11 is 0. The van der Waals surface area contributed by atoms with Gasteiger partial charge in [-0.3, -0.25) is 0 Å². The number of hydrogen-bond acceptors (Lipinski definition) is 3. The van der Waals surface area contributed by atoms with Crippen LogP contribution >= 0.6 is 0 Å². The molecular formula is C15H22N4. The van der Waals surface area contributed by atoms with Crippen LogP contribution in [0.2, 0.25) is 0 Å². The Balaban J connectivity index is 1.87. The maximum absolute atomic E-state index is 4.70. The number of rotatable bonds is 3. The van der Waals surface area contributed by atoms with E-state index in [0.29, 0.717) is 0 Å². The molecule has 2 aromatic rings. The Morgan fingerprint density at radius 2 is 2.11 bits per heavy atom. The Morgan fingerprint density at radius 3 is 2.84 bits per heavy atom. The standard InChI is InChI=1S/C15H22N4/c1-3-14-17-13-5-4-8-16-15(13)19(14)11-12-6-9-18(2)10-7-12/h4-5,8,12H,3,6-7,9-11H2,1-2H3. The van der Waals surface area contributed by atoms with E-state index in [1.807, 2.05) is 12.3 Å². The summed E-state index contributed by atoms with van der Waals surface area (Å²) < 4.78 is 2.34. The van der Waals surface area contributed by atoms with Crippen molar-refractivity contribution in [3.05, 3.63) is 24.2 Å². The third-order valence-electron chi connectivity index (χ3n) is 4.18. The number of imidazole rings is 1. The van der Waals surface area contributed by atoms with Gasteiger partial charge in [-0.2, -0.15) is 0 Å². The Morgan fingerprint density at radius 1 is 1.32 bits per heavy atom. The van der Waals surface area contributed by atoms with Crippen LogP contribution in [0.5, 0.6) is 0 Å². The van der Waals surface area contributed by atoms with Crippen molar-refractivity contribution < 1.29 is 0 Å². The minimum atomic E-state index is 0.765. The van der Waals surface area contributed by atoms with E-state index < -0.39 is 0 Å². The summed E-state index contributed by atoms with van der Waals surface area (Å²) in [4.78, 5) is 11.6. The summed E-state index contributed by atoms with van der Waals surface area (Å²) in [7, 11) is 2.21. The average Bonchev–Trinajstić information content (AvgIpc) is 2.79. The van der Waals surface area contributed by atoms with Crippen molar-refractivity contribution in [1.82, 2.24) is 19.4 Å². The molecule has 0 amide bonds. The molecule has 19 heavy (non-hydrogen) atoms. The molecule has 1 aliphatic heterocycles. The maximum atomic E-state index is 4.70. The summed E-state index contributed by atoms with van der Waals surface area (Å²) in [5.74, 6) is 1.94. The van der Waals surface area contributed by atoms with Gasteiger partial charge in [0, 0.05) is 19.2 Å². The number of aromatic nitrogens is 3. The Labute approximate surface area is 114 Å². The van der Waals surface area contributed by atoms with Crippen LogP contribution in [0.3, 0.4) is 0 Å². The van der Waals surface area contributed by atoms with Gasteiger partial charge in [-0.05, 0) is 51.0 Å². The van der Waals surface area contributed by atoms with Crippen molar-refractivity contribution in [3.8, 4) is 0 Å². The van der Waals surface area contributed by atoms with Gasteiger partial charge < -0.3 is 9.47 Å². The maximum Gasteiger partial charge on any atom is 0.159 e. The normalized spacial score (nSPS) is 18.2. The zero-order valence-corrected chi connectivity index (χ0v) is 11.8. The van der Waals surface area contributed by atoms with Crippen LogP contribution in [0.4, 0.5) is 0 Å². The van der Waals surface area contributed by atoms with E-state index in [9.17, 15) is 0 Å². The Kier molecular flexibility index (Phi) is 3.51. The molecule has 4 nitrogen and oxygen atoms in total. The first-order valence-electron chi connectivity index (χ1n) is 7.26. The lowest BCUT2D eigenvalue weighted by atomic mass is 9.97. The van der Waals surface area contributed by atoms with Crippen molar-refractivity contribution in [2.75, 3.05) is 20.1 Å². The van der Waals surface area contributed by atoms with Crippen LogP contribution in [0.25, 0.3) is 11.2 Å². The number of aryl methyl sites for hydroxylation is 1. The zero-order chi connectivity index (χ0) is 13.2. The molecule has 1 saturated heterocycles.